The second kappa shape index (κ2) is 8.56. The molecular formula is C17H22N2O2S. The van der Waals surface area contributed by atoms with Gasteiger partial charge in [-0.15, -0.1) is 11.3 Å². The lowest BCUT2D eigenvalue weighted by atomic mass is 10.2. The molecule has 0 aliphatic carbocycles. The summed E-state index contributed by atoms with van der Waals surface area (Å²) in [6, 6.07) is 13.5. The fourth-order valence-corrected chi connectivity index (χ4v) is 2.60. The van der Waals surface area contributed by atoms with Gasteiger partial charge in [0, 0.05) is 11.4 Å². The molecule has 22 heavy (non-hydrogen) atoms. The van der Waals surface area contributed by atoms with Crippen molar-refractivity contribution in [3.63, 3.8) is 0 Å². The summed E-state index contributed by atoms with van der Waals surface area (Å²) in [5.74, 6) is 0.890. The first-order valence-electron chi connectivity index (χ1n) is 7.35. The third-order valence-electron chi connectivity index (χ3n) is 3.51. The number of amides is 1. The van der Waals surface area contributed by atoms with Crippen LogP contribution in [-0.4, -0.2) is 37.0 Å². The molecule has 1 aromatic heterocycles. The molecular weight excluding hydrogens is 296 g/mol. The van der Waals surface area contributed by atoms with Crippen molar-refractivity contribution < 1.29 is 9.53 Å². The first-order valence-corrected chi connectivity index (χ1v) is 8.23. The first-order chi connectivity index (χ1) is 10.7. The number of nitrogens with zero attached hydrogens (tertiary/aromatic N) is 1. The van der Waals surface area contributed by atoms with E-state index in [1.54, 1.807) is 11.3 Å². The zero-order valence-corrected chi connectivity index (χ0v) is 13.8. The van der Waals surface area contributed by atoms with Crippen LogP contribution in [-0.2, 0) is 11.3 Å². The van der Waals surface area contributed by atoms with Crippen molar-refractivity contribution in [1.82, 2.24) is 10.2 Å². The van der Waals surface area contributed by atoms with Gasteiger partial charge in [0.2, 0.25) is 5.91 Å². The van der Waals surface area contributed by atoms with Crippen LogP contribution < -0.4 is 10.1 Å². The van der Waals surface area contributed by atoms with Gasteiger partial charge in [0.05, 0.1) is 12.6 Å². The molecule has 5 heteroatoms. The summed E-state index contributed by atoms with van der Waals surface area (Å²) in [5.41, 5.74) is 0. The Morgan fingerprint density at radius 2 is 2.05 bits per heavy atom. The van der Waals surface area contributed by atoms with Gasteiger partial charge in [0.25, 0.3) is 0 Å². The predicted octanol–water partition coefficient (Wildman–Crippen LogP) is 2.76. The Morgan fingerprint density at radius 1 is 1.27 bits per heavy atom. The van der Waals surface area contributed by atoms with Gasteiger partial charge < -0.3 is 10.1 Å². The Kier molecular flexibility index (Phi) is 6.43. The molecule has 0 radical (unpaired) electrons. The van der Waals surface area contributed by atoms with Gasteiger partial charge in [-0.3, -0.25) is 9.69 Å². The van der Waals surface area contributed by atoms with Crippen molar-refractivity contribution in [2.45, 2.75) is 19.5 Å². The second-order valence-electron chi connectivity index (χ2n) is 5.12. The third kappa shape index (κ3) is 5.16. The molecule has 1 aromatic carbocycles. The molecule has 0 fully saturated rings. The number of likely N-dealkylation sites (N-methyl/N-ethyl adjacent to an activating group) is 1. The monoisotopic (exact) mass is 318 g/mol. The smallest absolute Gasteiger partial charge is 0.237 e. The molecule has 1 atom stereocenters. The summed E-state index contributed by atoms with van der Waals surface area (Å²) in [4.78, 5) is 15.3. The van der Waals surface area contributed by atoms with E-state index in [1.807, 2.05) is 66.7 Å². The molecule has 0 aliphatic heterocycles. The van der Waals surface area contributed by atoms with E-state index in [1.165, 1.54) is 0 Å². The molecule has 0 aliphatic rings. The van der Waals surface area contributed by atoms with Crippen LogP contribution in [0.15, 0.2) is 47.8 Å². The summed E-state index contributed by atoms with van der Waals surface area (Å²) in [7, 11) is 1.93. The van der Waals surface area contributed by atoms with Crippen LogP contribution in [0.4, 0.5) is 0 Å². The Bertz CT molecular complexity index is 557. The van der Waals surface area contributed by atoms with Crippen molar-refractivity contribution in [3.8, 4) is 5.75 Å². The zero-order valence-electron chi connectivity index (χ0n) is 13.0. The maximum absolute atomic E-state index is 12.1. The van der Waals surface area contributed by atoms with Crippen LogP contribution in [0.3, 0.4) is 0 Å². The number of rotatable bonds is 8. The minimum Gasteiger partial charge on any atom is -0.492 e. The molecule has 2 aromatic rings. The fourth-order valence-electron chi connectivity index (χ4n) is 1.95. The maximum Gasteiger partial charge on any atom is 0.237 e. The zero-order chi connectivity index (χ0) is 15.8. The van der Waals surface area contributed by atoms with Gasteiger partial charge in [0.1, 0.15) is 12.4 Å². The Labute approximate surface area is 135 Å². The van der Waals surface area contributed by atoms with E-state index >= 15 is 0 Å². The number of benzene rings is 1. The van der Waals surface area contributed by atoms with Crippen LogP contribution in [0.1, 0.15) is 11.8 Å². The lowest BCUT2D eigenvalue weighted by Gasteiger charge is -2.23. The second-order valence-corrected chi connectivity index (χ2v) is 6.15. The SMILES string of the molecule is CC(C(=O)NCc1cccs1)N(C)CCOc1ccccc1. The van der Waals surface area contributed by atoms with E-state index in [4.69, 9.17) is 4.74 Å². The highest BCUT2D eigenvalue weighted by Crippen LogP contribution is 2.09. The fraction of sp³-hybridized carbons (Fsp3) is 0.353. The highest BCUT2D eigenvalue weighted by Gasteiger charge is 2.17. The quantitative estimate of drug-likeness (QED) is 0.814. The minimum atomic E-state index is -0.181. The average molecular weight is 318 g/mol. The number of hydrogen-bond donors (Lipinski definition) is 1. The average Bonchev–Trinajstić information content (AvgIpc) is 3.06. The lowest BCUT2D eigenvalue weighted by Crippen LogP contribution is -2.44. The molecule has 1 amide bonds. The molecule has 0 saturated heterocycles. The topological polar surface area (TPSA) is 41.6 Å². The highest BCUT2D eigenvalue weighted by atomic mass is 32.1. The molecule has 118 valence electrons. The van der Waals surface area contributed by atoms with Crippen LogP contribution in [0.2, 0.25) is 0 Å². The highest BCUT2D eigenvalue weighted by molar-refractivity contribution is 7.09. The lowest BCUT2D eigenvalue weighted by molar-refractivity contribution is -0.125. The number of carbonyl (C=O) groups excluding carboxylic acids is 1. The molecule has 0 bridgehead atoms. The van der Waals surface area contributed by atoms with Crippen LogP contribution in [0.5, 0.6) is 5.75 Å². The summed E-state index contributed by atoms with van der Waals surface area (Å²) >= 11 is 1.65. The first kappa shape index (κ1) is 16.5. The van der Waals surface area contributed by atoms with E-state index in [9.17, 15) is 4.79 Å². The van der Waals surface area contributed by atoms with E-state index in [0.29, 0.717) is 19.7 Å². The van der Waals surface area contributed by atoms with E-state index < -0.39 is 0 Å². The molecule has 1 N–H and O–H groups in total. The number of thiophene rings is 1. The van der Waals surface area contributed by atoms with Crippen molar-refractivity contribution in [2.24, 2.45) is 0 Å². The van der Waals surface area contributed by atoms with E-state index in [0.717, 1.165) is 10.6 Å². The number of ether oxygens (including phenoxy) is 1. The predicted molar refractivity (Wildman–Crippen MR) is 90.2 cm³/mol. The number of hydrogen-bond acceptors (Lipinski definition) is 4. The summed E-state index contributed by atoms with van der Waals surface area (Å²) in [6.07, 6.45) is 0. The molecule has 1 unspecified atom stereocenters. The van der Waals surface area contributed by atoms with Crippen LogP contribution in [0, 0.1) is 0 Å². The Morgan fingerprint density at radius 3 is 2.73 bits per heavy atom. The molecule has 0 saturated carbocycles. The summed E-state index contributed by atoms with van der Waals surface area (Å²) in [6.45, 7) is 3.76. The van der Waals surface area contributed by atoms with Crippen molar-refractivity contribution >= 4 is 17.2 Å². The largest absolute Gasteiger partial charge is 0.492 e. The van der Waals surface area contributed by atoms with Crippen LogP contribution in [0.25, 0.3) is 0 Å². The minimum absolute atomic E-state index is 0.0376. The summed E-state index contributed by atoms with van der Waals surface area (Å²) in [5, 5.41) is 4.97. The van der Waals surface area contributed by atoms with Gasteiger partial charge >= 0.3 is 0 Å². The van der Waals surface area contributed by atoms with Gasteiger partial charge in [-0.1, -0.05) is 24.3 Å². The van der Waals surface area contributed by atoms with Crippen molar-refractivity contribution in [2.75, 3.05) is 20.2 Å². The molecule has 1 heterocycles. The molecule has 2 rings (SSSR count). The number of para-hydroxylation sites is 1. The van der Waals surface area contributed by atoms with Crippen LogP contribution >= 0.6 is 11.3 Å². The van der Waals surface area contributed by atoms with Gasteiger partial charge in [-0.2, -0.15) is 0 Å². The standard InChI is InChI=1S/C17H22N2O2S/c1-14(17(20)18-13-16-9-6-12-22-16)19(2)10-11-21-15-7-4-3-5-8-15/h3-9,12,14H,10-11,13H2,1-2H3,(H,18,20). The maximum atomic E-state index is 12.1. The van der Waals surface area contributed by atoms with E-state index in [-0.39, 0.29) is 11.9 Å². The Balaban J connectivity index is 1.69. The number of carbonyl (C=O) groups is 1. The van der Waals surface area contributed by atoms with Crippen molar-refractivity contribution in [1.29, 1.82) is 0 Å². The van der Waals surface area contributed by atoms with Gasteiger partial charge in [0.15, 0.2) is 0 Å². The van der Waals surface area contributed by atoms with E-state index in [2.05, 4.69) is 5.32 Å². The Hall–Kier alpha value is -1.85. The number of nitrogens with one attached hydrogen (secondary N) is 1. The van der Waals surface area contributed by atoms with Gasteiger partial charge in [-0.25, -0.2) is 0 Å². The summed E-state index contributed by atoms with van der Waals surface area (Å²) < 4.78 is 5.65. The van der Waals surface area contributed by atoms with Gasteiger partial charge in [-0.05, 0) is 37.6 Å². The van der Waals surface area contributed by atoms with Crippen molar-refractivity contribution in [3.05, 3.63) is 52.7 Å². The molecule has 4 nitrogen and oxygen atoms in total. The normalized spacial score (nSPS) is 12.1. The third-order valence-corrected chi connectivity index (χ3v) is 4.39. The molecule has 0 spiro atoms.